The van der Waals surface area contributed by atoms with E-state index >= 15 is 0 Å². The number of nitrogens with zero attached hydrogens (tertiary/aromatic N) is 3. The van der Waals surface area contributed by atoms with Crippen LogP contribution in [0.2, 0.25) is 0 Å². The first kappa shape index (κ1) is 23.4. The molecule has 3 aromatic rings. The first-order valence-electron chi connectivity index (χ1n) is 12.4. The fraction of sp³-hybridized carbons (Fsp3) is 0.379. The number of benzene rings is 2. The third-order valence-corrected chi connectivity index (χ3v) is 7.11. The lowest BCUT2D eigenvalue weighted by atomic mass is 10.1. The standard InChI is InChI=1S/C29H33N3O3/c1-34-27-13-12-23(17-28(27)35-2)29(33)32(20-26-9-5-15-31(26)19-21-10-11-21)25-8-3-6-22(16-25)24-7-4-14-30-18-24/h3-4,6-8,12-14,16-18,21,26H,5,9-11,15,19-20H2,1-2H3. The maximum absolute atomic E-state index is 14.0. The summed E-state index contributed by atoms with van der Waals surface area (Å²) < 4.78 is 10.9. The average Bonchev–Trinajstić information content (AvgIpc) is 3.63. The quantitative estimate of drug-likeness (QED) is 0.425. The van der Waals surface area contributed by atoms with E-state index in [0.29, 0.717) is 29.6 Å². The Balaban J connectivity index is 1.49. The van der Waals surface area contributed by atoms with Gasteiger partial charge in [0, 0.05) is 48.3 Å². The van der Waals surface area contributed by atoms with Crippen LogP contribution in [0.3, 0.4) is 0 Å². The summed E-state index contributed by atoms with van der Waals surface area (Å²) in [5.74, 6) is 1.96. The summed E-state index contributed by atoms with van der Waals surface area (Å²) in [6.07, 6.45) is 8.61. The second-order valence-electron chi connectivity index (χ2n) is 9.51. The minimum atomic E-state index is -0.0347. The Labute approximate surface area is 207 Å². The fourth-order valence-corrected chi connectivity index (χ4v) is 5.00. The number of likely N-dealkylation sites (tertiary alicyclic amines) is 1. The fourth-order valence-electron chi connectivity index (χ4n) is 5.00. The molecular weight excluding hydrogens is 438 g/mol. The number of ether oxygens (including phenoxy) is 2. The van der Waals surface area contributed by atoms with Crippen LogP contribution in [-0.4, -0.2) is 55.7 Å². The van der Waals surface area contributed by atoms with Gasteiger partial charge < -0.3 is 14.4 Å². The minimum absolute atomic E-state index is 0.0347. The zero-order valence-corrected chi connectivity index (χ0v) is 20.5. The number of pyridine rings is 1. The predicted octanol–water partition coefficient (Wildman–Crippen LogP) is 5.29. The molecule has 182 valence electrons. The van der Waals surface area contributed by atoms with Gasteiger partial charge in [0.15, 0.2) is 11.5 Å². The molecule has 1 saturated heterocycles. The van der Waals surface area contributed by atoms with Gasteiger partial charge in [0.2, 0.25) is 0 Å². The molecule has 6 nitrogen and oxygen atoms in total. The maximum Gasteiger partial charge on any atom is 0.258 e. The van der Waals surface area contributed by atoms with Crippen molar-refractivity contribution in [2.45, 2.75) is 31.7 Å². The molecule has 1 atom stereocenters. The highest BCUT2D eigenvalue weighted by atomic mass is 16.5. The summed E-state index contributed by atoms with van der Waals surface area (Å²) in [4.78, 5) is 22.8. The molecule has 1 aromatic heterocycles. The van der Waals surface area contributed by atoms with Crippen molar-refractivity contribution in [3.63, 3.8) is 0 Å². The van der Waals surface area contributed by atoms with E-state index in [1.54, 1.807) is 32.5 Å². The Hall–Kier alpha value is -3.38. The topological polar surface area (TPSA) is 54.9 Å². The number of rotatable bonds is 9. The maximum atomic E-state index is 14.0. The van der Waals surface area contributed by atoms with Crippen molar-refractivity contribution in [3.8, 4) is 22.6 Å². The van der Waals surface area contributed by atoms with E-state index in [9.17, 15) is 4.79 Å². The molecule has 1 amide bonds. The van der Waals surface area contributed by atoms with Crippen molar-refractivity contribution in [3.05, 3.63) is 72.6 Å². The Kier molecular flexibility index (Phi) is 7.00. The van der Waals surface area contributed by atoms with E-state index in [2.05, 4.69) is 22.0 Å². The van der Waals surface area contributed by atoms with Crippen LogP contribution in [0.5, 0.6) is 11.5 Å². The molecule has 2 fully saturated rings. The highest BCUT2D eigenvalue weighted by Gasteiger charge is 2.33. The van der Waals surface area contributed by atoms with E-state index in [4.69, 9.17) is 9.47 Å². The monoisotopic (exact) mass is 471 g/mol. The van der Waals surface area contributed by atoms with E-state index in [1.807, 2.05) is 41.4 Å². The zero-order valence-electron chi connectivity index (χ0n) is 20.5. The van der Waals surface area contributed by atoms with Crippen molar-refractivity contribution >= 4 is 11.6 Å². The lowest BCUT2D eigenvalue weighted by Gasteiger charge is -2.31. The molecular formula is C29H33N3O3. The molecule has 2 heterocycles. The van der Waals surface area contributed by atoms with Gasteiger partial charge in [-0.05, 0) is 80.1 Å². The molecule has 2 aromatic carbocycles. The molecule has 35 heavy (non-hydrogen) atoms. The number of anilines is 1. The molecule has 0 radical (unpaired) electrons. The Morgan fingerprint density at radius 3 is 2.57 bits per heavy atom. The minimum Gasteiger partial charge on any atom is -0.493 e. The van der Waals surface area contributed by atoms with E-state index in [-0.39, 0.29) is 5.91 Å². The summed E-state index contributed by atoms with van der Waals surface area (Å²) in [6.45, 7) is 2.93. The van der Waals surface area contributed by atoms with Gasteiger partial charge >= 0.3 is 0 Å². The Bertz CT molecular complexity index is 1160. The number of amides is 1. The molecule has 0 N–H and O–H groups in total. The SMILES string of the molecule is COc1ccc(C(=O)N(CC2CCCN2CC2CC2)c2cccc(-c3cccnc3)c2)cc1OC. The molecule has 1 aliphatic heterocycles. The normalized spacial score (nSPS) is 17.8. The number of aromatic nitrogens is 1. The van der Waals surface area contributed by atoms with Gasteiger partial charge in [0.25, 0.3) is 5.91 Å². The van der Waals surface area contributed by atoms with Crippen molar-refractivity contribution < 1.29 is 14.3 Å². The van der Waals surface area contributed by atoms with Crippen LogP contribution in [0.25, 0.3) is 11.1 Å². The largest absolute Gasteiger partial charge is 0.493 e. The lowest BCUT2D eigenvalue weighted by molar-refractivity contribution is 0.0977. The van der Waals surface area contributed by atoms with Gasteiger partial charge in [-0.1, -0.05) is 18.2 Å². The third-order valence-electron chi connectivity index (χ3n) is 7.11. The van der Waals surface area contributed by atoms with Crippen LogP contribution in [0.4, 0.5) is 5.69 Å². The summed E-state index contributed by atoms with van der Waals surface area (Å²) in [7, 11) is 3.19. The first-order valence-corrected chi connectivity index (χ1v) is 12.4. The molecule has 5 rings (SSSR count). The molecule has 0 spiro atoms. The van der Waals surface area contributed by atoms with Crippen LogP contribution in [0.1, 0.15) is 36.0 Å². The number of hydrogen-bond donors (Lipinski definition) is 0. The van der Waals surface area contributed by atoms with Crippen molar-refractivity contribution in [1.29, 1.82) is 0 Å². The van der Waals surface area contributed by atoms with E-state index < -0.39 is 0 Å². The first-order chi connectivity index (χ1) is 17.2. The van der Waals surface area contributed by atoms with Crippen LogP contribution >= 0.6 is 0 Å². The molecule has 1 aliphatic carbocycles. The molecule has 2 aliphatic rings. The molecule has 0 bridgehead atoms. The number of methoxy groups -OCH3 is 2. The summed E-state index contributed by atoms with van der Waals surface area (Å²) in [6, 6.07) is 17.9. The smallest absolute Gasteiger partial charge is 0.258 e. The van der Waals surface area contributed by atoms with Gasteiger partial charge in [-0.2, -0.15) is 0 Å². The van der Waals surface area contributed by atoms with Crippen LogP contribution in [0.15, 0.2) is 67.0 Å². The number of hydrogen-bond acceptors (Lipinski definition) is 5. The van der Waals surface area contributed by atoms with Gasteiger partial charge in [0.1, 0.15) is 0 Å². The number of carbonyl (C=O) groups is 1. The molecule has 1 unspecified atom stereocenters. The Morgan fingerprint density at radius 2 is 1.83 bits per heavy atom. The van der Waals surface area contributed by atoms with Gasteiger partial charge in [-0.25, -0.2) is 0 Å². The molecule has 6 heteroatoms. The van der Waals surface area contributed by atoms with E-state index in [1.165, 1.54) is 19.3 Å². The van der Waals surface area contributed by atoms with Crippen molar-refractivity contribution in [2.75, 3.05) is 38.8 Å². The summed E-state index contributed by atoms with van der Waals surface area (Å²) in [5.41, 5.74) is 3.55. The van der Waals surface area contributed by atoms with Crippen molar-refractivity contribution in [2.24, 2.45) is 5.92 Å². The highest BCUT2D eigenvalue weighted by Crippen LogP contribution is 2.34. The van der Waals surface area contributed by atoms with Crippen molar-refractivity contribution in [1.82, 2.24) is 9.88 Å². The number of carbonyl (C=O) groups excluding carboxylic acids is 1. The second-order valence-corrected chi connectivity index (χ2v) is 9.51. The van der Waals surface area contributed by atoms with E-state index in [0.717, 1.165) is 42.2 Å². The predicted molar refractivity (Wildman–Crippen MR) is 138 cm³/mol. The van der Waals surface area contributed by atoms with Gasteiger partial charge in [-0.3, -0.25) is 14.7 Å². The lowest BCUT2D eigenvalue weighted by Crippen LogP contribution is -2.44. The second kappa shape index (κ2) is 10.5. The highest BCUT2D eigenvalue weighted by molar-refractivity contribution is 6.06. The summed E-state index contributed by atoms with van der Waals surface area (Å²) in [5, 5.41) is 0. The Morgan fingerprint density at radius 1 is 1.00 bits per heavy atom. The van der Waals surface area contributed by atoms with Crippen LogP contribution in [0, 0.1) is 5.92 Å². The van der Waals surface area contributed by atoms with Gasteiger partial charge in [0.05, 0.1) is 14.2 Å². The van der Waals surface area contributed by atoms with Gasteiger partial charge in [-0.15, -0.1) is 0 Å². The third kappa shape index (κ3) is 5.33. The average molecular weight is 472 g/mol. The van der Waals surface area contributed by atoms with Crippen LogP contribution < -0.4 is 14.4 Å². The van der Waals surface area contributed by atoms with Crippen LogP contribution in [-0.2, 0) is 0 Å². The summed E-state index contributed by atoms with van der Waals surface area (Å²) >= 11 is 0. The zero-order chi connectivity index (χ0) is 24.2. The molecule has 1 saturated carbocycles.